The summed E-state index contributed by atoms with van der Waals surface area (Å²) in [6, 6.07) is 0. The standard InChI is InChI=1S/C15H18O10/c16-11-3-7(12(17)18)1-8(4-11)14(21)24-25-15(22)10-2-9(13(19)20)5-23-6-10/h7-10H,1-6H2,(H,17,18)(H,19,20). The molecule has 1 saturated carbocycles. The number of carboxylic acids is 2. The first kappa shape index (κ1) is 18.8. The molecule has 1 heterocycles. The van der Waals surface area contributed by atoms with Crippen molar-refractivity contribution in [3.05, 3.63) is 0 Å². The maximum absolute atomic E-state index is 11.9. The highest BCUT2D eigenvalue weighted by atomic mass is 17.2. The third-order valence-corrected chi connectivity index (χ3v) is 4.30. The van der Waals surface area contributed by atoms with E-state index in [1.54, 1.807) is 0 Å². The van der Waals surface area contributed by atoms with Crippen molar-refractivity contribution in [1.82, 2.24) is 0 Å². The van der Waals surface area contributed by atoms with Crippen LogP contribution >= 0.6 is 0 Å². The predicted octanol–water partition coefficient (Wildman–Crippen LogP) is -0.205. The molecule has 4 atom stereocenters. The second-order valence-electron chi connectivity index (χ2n) is 6.22. The Balaban J connectivity index is 1.84. The first-order chi connectivity index (χ1) is 11.8. The van der Waals surface area contributed by atoms with Crippen molar-refractivity contribution in [3.63, 3.8) is 0 Å². The van der Waals surface area contributed by atoms with Gasteiger partial charge in [0.2, 0.25) is 0 Å². The summed E-state index contributed by atoms with van der Waals surface area (Å²) in [5, 5.41) is 17.9. The van der Waals surface area contributed by atoms with Gasteiger partial charge in [-0.2, -0.15) is 0 Å². The molecule has 10 nitrogen and oxygen atoms in total. The van der Waals surface area contributed by atoms with E-state index in [2.05, 4.69) is 9.78 Å². The molecule has 1 aliphatic heterocycles. The minimum absolute atomic E-state index is 0.00524. The Morgan fingerprint density at radius 3 is 1.88 bits per heavy atom. The van der Waals surface area contributed by atoms with Gasteiger partial charge in [-0.15, -0.1) is 0 Å². The van der Waals surface area contributed by atoms with Gasteiger partial charge in [0.1, 0.15) is 5.78 Å². The Morgan fingerprint density at radius 1 is 0.800 bits per heavy atom. The van der Waals surface area contributed by atoms with Crippen LogP contribution in [-0.4, -0.2) is 53.1 Å². The molecular weight excluding hydrogens is 340 g/mol. The fourth-order valence-corrected chi connectivity index (χ4v) is 2.90. The Labute approximate surface area is 142 Å². The Hall–Kier alpha value is -2.49. The number of hydrogen-bond acceptors (Lipinski definition) is 8. The third-order valence-electron chi connectivity index (χ3n) is 4.30. The highest BCUT2D eigenvalue weighted by molar-refractivity contribution is 5.89. The van der Waals surface area contributed by atoms with Gasteiger partial charge in [0.05, 0.1) is 36.9 Å². The molecule has 0 aromatic carbocycles. The van der Waals surface area contributed by atoms with Crippen molar-refractivity contribution in [2.24, 2.45) is 23.7 Å². The number of carbonyl (C=O) groups excluding carboxylic acids is 3. The first-order valence-corrected chi connectivity index (χ1v) is 7.75. The fraction of sp³-hybridized carbons (Fsp3) is 0.667. The number of aliphatic carboxylic acids is 2. The summed E-state index contributed by atoms with van der Waals surface area (Å²) < 4.78 is 5.02. The monoisotopic (exact) mass is 358 g/mol. The van der Waals surface area contributed by atoms with Crippen molar-refractivity contribution in [2.45, 2.75) is 25.7 Å². The quantitative estimate of drug-likeness (QED) is 0.510. The van der Waals surface area contributed by atoms with Crippen LogP contribution < -0.4 is 0 Å². The van der Waals surface area contributed by atoms with Crippen molar-refractivity contribution >= 4 is 29.7 Å². The topological polar surface area (TPSA) is 154 Å². The predicted molar refractivity (Wildman–Crippen MR) is 75.7 cm³/mol. The minimum Gasteiger partial charge on any atom is -0.481 e. The lowest BCUT2D eigenvalue weighted by Gasteiger charge is -2.25. The van der Waals surface area contributed by atoms with E-state index in [4.69, 9.17) is 14.9 Å². The zero-order chi connectivity index (χ0) is 18.6. The van der Waals surface area contributed by atoms with Crippen molar-refractivity contribution < 1.29 is 48.7 Å². The molecule has 10 heteroatoms. The molecule has 0 bridgehead atoms. The maximum Gasteiger partial charge on any atom is 0.360 e. The largest absolute Gasteiger partial charge is 0.481 e. The molecule has 25 heavy (non-hydrogen) atoms. The molecule has 1 saturated heterocycles. The van der Waals surface area contributed by atoms with E-state index >= 15 is 0 Å². The molecule has 2 N–H and O–H groups in total. The van der Waals surface area contributed by atoms with Crippen LogP contribution in [0.3, 0.4) is 0 Å². The molecule has 138 valence electrons. The van der Waals surface area contributed by atoms with Gasteiger partial charge in [-0.1, -0.05) is 0 Å². The second kappa shape index (κ2) is 8.06. The fourth-order valence-electron chi connectivity index (χ4n) is 2.90. The van der Waals surface area contributed by atoms with E-state index < -0.39 is 47.5 Å². The molecule has 0 aromatic rings. The summed E-state index contributed by atoms with van der Waals surface area (Å²) in [4.78, 5) is 66.0. The van der Waals surface area contributed by atoms with Gasteiger partial charge in [-0.3, -0.25) is 14.4 Å². The molecule has 4 unspecified atom stereocenters. The molecule has 2 aliphatic rings. The molecule has 2 rings (SSSR count). The van der Waals surface area contributed by atoms with Crippen LogP contribution in [0.2, 0.25) is 0 Å². The number of ketones is 1. The number of Topliss-reactive ketones (excluding diaryl/α,β-unsaturated/α-hetero) is 1. The molecule has 0 amide bonds. The number of carboxylic acid groups (broad SMARTS) is 2. The smallest absolute Gasteiger partial charge is 0.360 e. The lowest BCUT2D eigenvalue weighted by Crippen LogP contribution is -2.37. The van der Waals surface area contributed by atoms with Gasteiger partial charge in [-0.25, -0.2) is 19.4 Å². The second-order valence-corrected chi connectivity index (χ2v) is 6.22. The Kier molecular flexibility index (Phi) is 6.07. The van der Waals surface area contributed by atoms with Crippen LogP contribution in [-0.2, 0) is 38.5 Å². The lowest BCUT2D eigenvalue weighted by atomic mass is 9.81. The van der Waals surface area contributed by atoms with Crippen LogP contribution in [0.5, 0.6) is 0 Å². The average Bonchev–Trinajstić information content (AvgIpc) is 2.58. The number of carbonyl (C=O) groups is 5. The summed E-state index contributed by atoms with van der Waals surface area (Å²) in [5.41, 5.74) is 0. The van der Waals surface area contributed by atoms with Crippen molar-refractivity contribution in [2.75, 3.05) is 13.2 Å². The number of hydrogen-bond donors (Lipinski definition) is 2. The summed E-state index contributed by atoms with van der Waals surface area (Å²) in [7, 11) is 0. The molecule has 2 fully saturated rings. The molecule has 0 radical (unpaired) electrons. The van der Waals surface area contributed by atoms with E-state index in [0.29, 0.717) is 0 Å². The molecular formula is C15H18O10. The molecule has 0 aromatic heterocycles. The number of rotatable bonds is 4. The van der Waals surface area contributed by atoms with E-state index in [1.165, 1.54) is 0 Å². The van der Waals surface area contributed by atoms with Crippen LogP contribution in [0, 0.1) is 23.7 Å². The maximum atomic E-state index is 11.9. The van der Waals surface area contributed by atoms with Gasteiger partial charge in [0.15, 0.2) is 0 Å². The minimum atomic E-state index is -1.18. The van der Waals surface area contributed by atoms with E-state index in [1.807, 2.05) is 0 Å². The van der Waals surface area contributed by atoms with Crippen molar-refractivity contribution in [3.8, 4) is 0 Å². The van der Waals surface area contributed by atoms with Crippen molar-refractivity contribution in [1.29, 1.82) is 0 Å². The van der Waals surface area contributed by atoms with Gasteiger partial charge < -0.3 is 14.9 Å². The number of ether oxygens (including phenoxy) is 1. The van der Waals surface area contributed by atoms with E-state index in [0.717, 1.165) is 0 Å². The van der Waals surface area contributed by atoms with Crippen LogP contribution in [0.25, 0.3) is 0 Å². The summed E-state index contributed by atoms with van der Waals surface area (Å²) in [6.45, 7) is -0.0666. The molecule has 0 spiro atoms. The molecule has 1 aliphatic carbocycles. The zero-order valence-corrected chi connectivity index (χ0v) is 13.2. The van der Waals surface area contributed by atoms with Gasteiger partial charge in [0, 0.05) is 12.8 Å². The normalized spacial score (nSPS) is 29.5. The third kappa shape index (κ3) is 4.99. The highest BCUT2D eigenvalue weighted by Crippen LogP contribution is 2.28. The summed E-state index contributed by atoms with van der Waals surface area (Å²) in [5.74, 6) is -8.32. The lowest BCUT2D eigenvalue weighted by molar-refractivity contribution is -0.268. The van der Waals surface area contributed by atoms with Gasteiger partial charge in [0.25, 0.3) is 0 Å². The van der Waals surface area contributed by atoms with Crippen LogP contribution in [0.15, 0.2) is 0 Å². The summed E-state index contributed by atoms with van der Waals surface area (Å²) in [6.07, 6.45) is -0.400. The highest BCUT2D eigenvalue weighted by Gasteiger charge is 2.38. The SMILES string of the molecule is O=C1CC(C(=O)O)CC(C(=O)OOC(=O)C2COCC(C(=O)O)C2)C1. The van der Waals surface area contributed by atoms with E-state index in [9.17, 15) is 24.0 Å². The van der Waals surface area contributed by atoms with E-state index in [-0.39, 0.29) is 44.7 Å². The van der Waals surface area contributed by atoms with Crippen LogP contribution in [0.1, 0.15) is 25.7 Å². The Morgan fingerprint density at radius 2 is 1.28 bits per heavy atom. The zero-order valence-electron chi connectivity index (χ0n) is 13.2. The van der Waals surface area contributed by atoms with Gasteiger partial charge in [-0.05, 0) is 12.8 Å². The average molecular weight is 358 g/mol. The summed E-state index contributed by atoms with van der Waals surface area (Å²) >= 11 is 0. The Bertz CT molecular complexity index is 583. The van der Waals surface area contributed by atoms with Gasteiger partial charge >= 0.3 is 23.9 Å². The first-order valence-electron chi connectivity index (χ1n) is 7.75. The van der Waals surface area contributed by atoms with Crippen LogP contribution in [0.4, 0.5) is 0 Å².